The predicted molar refractivity (Wildman–Crippen MR) is 83.8 cm³/mol. The molecule has 122 valence electrons. The van der Waals surface area contributed by atoms with E-state index in [4.69, 9.17) is 49.4 Å². The Morgan fingerprint density at radius 1 is 1.23 bits per heavy atom. The van der Waals surface area contributed by atoms with E-state index in [0.717, 1.165) is 5.56 Å². The van der Waals surface area contributed by atoms with Crippen LogP contribution in [0, 0.1) is 0 Å². The summed E-state index contributed by atoms with van der Waals surface area (Å²) < 4.78 is 8.55. The van der Waals surface area contributed by atoms with Gasteiger partial charge in [0, 0.05) is 13.0 Å². The van der Waals surface area contributed by atoms with Crippen LogP contribution in [0.5, 0.6) is 0 Å². The summed E-state index contributed by atoms with van der Waals surface area (Å²) in [6.45, 7) is 1.67. The van der Waals surface area contributed by atoms with E-state index in [1.54, 1.807) is 19.1 Å². The van der Waals surface area contributed by atoms with Crippen molar-refractivity contribution < 1.29 is 24.2 Å². The SMILES string of the molecule is CCOC(Cc1ccc(C(=O)O)cc1)C(=O)OCC(Cl)(Cl)Cl. The van der Waals surface area contributed by atoms with Gasteiger partial charge in [0.15, 0.2) is 6.10 Å². The zero-order chi connectivity index (χ0) is 16.8. The first-order valence-electron chi connectivity index (χ1n) is 6.40. The number of hydrogen-bond acceptors (Lipinski definition) is 4. The Balaban J connectivity index is 2.70. The summed E-state index contributed by atoms with van der Waals surface area (Å²) in [5, 5.41) is 8.84. The lowest BCUT2D eigenvalue weighted by Crippen LogP contribution is -2.31. The van der Waals surface area contributed by atoms with Gasteiger partial charge in [0.25, 0.3) is 0 Å². The third-order valence-electron chi connectivity index (χ3n) is 2.63. The van der Waals surface area contributed by atoms with Crippen LogP contribution < -0.4 is 0 Å². The van der Waals surface area contributed by atoms with Crippen LogP contribution in [0.2, 0.25) is 0 Å². The molecule has 8 heteroatoms. The smallest absolute Gasteiger partial charge is 0.335 e. The molecule has 0 amide bonds. The molecule has 0 saturated carbocycles. The number of carboxylic acid groups (broad SMARTS) is 1. The van der Waals surface area contributed by atoms with Crippen molar-refractivity contribution in [1.82, 2.24) is 0 Å². The number of carbonyl (C=O) groups excluding carboxylic acids is 1. The number of carbonyl (C=O) groups is 2. The third-order valence-corrected chi connectivity index (χ3v) is 2.96. The average molecular weight is 370 g/mol. The largest absolute Gasteiger partial charge is 0.478 e. The molecule has 1 aromatic rings. The van der Waals surface area contributed by atoms with E-state index in [2.05, 4.69) is 0 Å². The molecule has 0 radical (unpaired) electrons. The van der Waals surface area contributed by atoms with Gasteiger partial charge in [-0.15, -0.1) is 0 Å². The second-order valence-corrected chi connectivity index (χ2v) is 6.89. The van der Waals surface area contributed by atoms with E-state index in [0.29, 0.717) is 6.61 Å². The molecule has 0 heterocycles. The molecule has 0 spiro atoms. The highest BCUT2D eigenvalue weighted by molar-refractivity contribution is 6.67. The number of carboxylic acids is 1. The maximum atomic E-state index is 11.9. The van der Waals surface area contributed by atoms with Crippen LogP contribution in [0.4, 0.5) is 0 Å². The molecule has 0 fully saturated rings. The number of ether oxygens (including phenoxy) is 2. The summed E-state index contributed by atoms with van der Waals surface area (Å²) in [7, 11) is 0. The second kappa shape index (κ2) is 8.58. The monoisotopic (exact) mass is 368 g/mol. The van der Waals surface area contributed by atoms with Gasteiger partial charge >= 0.3 is 11.9 Å². The summed E-state index contributed by atoms with van der Waals surface area (Å²) in [5.41, 5.74) is 0.893. The summed E-state index contributed by atoms with van der Waals surface area (Å²) in [5.74, 6) is -1.66. The van der Waals surface area contributed by atoms with E-state index in [-0.39, 0.29) is 18.6 Å². The molecule has 1 N–H and O–H groups in total. The number of halogens is 3. The van der Waals surface area contributed by atoms with Gasteiger partial charge in [-0.2, -0.15) is 0 Å². The molecule has 0 aliphatic heterocycles. The van der Waals surface area contributed by atoms with Crippen molar-refractivity contribution in [1.29, 1.82) is 0 Å². The van der Waals surface area contributed by atoms with Gasteiger partial charge in [-0.25, -0.2) is 9.59 Å². The van der Waals surface area contributed by atoms with Crippen molar-refractivity contribution in [3.05, 3.63) is 35.4 Å². The molecular formula is C14H15Cl3O5. The van der Waals surface area contributed by atoms with E-state index in [9.17, 15) is 9.59 Å². The molecule has 1 aromatic carbocycles. The van der Waals surface area contributed by atoms with Crippen molar-refractivity contribution in [2.24, 2.45) is 0 Å². The van der Waals surface area contributed by atoms with E-state index < -0.39 is 21.8 Å². The van der Waals surface area contributed by atoms with Crippen molar-refractivity contribution >= 4 is 46.7 Å². The molecule has 22 heavy (non-hydrogen) atoms. The molecule has 0 aromatic heterocycles. The fraction of sp³-hybridized carbons (Fsp3) is 0.429. The first kappa shape index (κ1) is 19.0. The van der Waals surface area contributed by atoms with Gasteiger partial charge in [0.05, 0.1) is 5.56 Å². The van der Waals surface area contributed by atoms with Gasteiger partial charge in [0.1, 0.15) is 6.61 Å². The second-order valence-electron chi connectivity index (χ2n) is 4.37. The average Bonchev–Trinajstić information content (AvgIpc) is 2.44. The van der Waals surface area contributed by atoms with Crippen molar-refractivity contribution in [3.8, 4) is 0 Å². The van der Waals surface area contributed by atoms with Crippen LogP contribution in [-0.2, 0) is 20.7 Å². The minimum atomic E-state index is -1.68. The maximum Gasteiger partial charge on any atom is 0.335 e. The Morgan fingerprint density at radius 3 is 2.27 bits per heavy atom. The number of hydrogen-bond donors (Lipinski definition) is 1. The van der Waals surface area contributed by atoms with Crippen molar-refractivity contribution in [2.45, 2.75) is 23.2 Å². The van der Waals surface area contributed by atoms with Crippen LogP contribution in [0.15, 0.2) is 24.3 Å². The van der Waals surface area contributed by atoms with Crippen LogP contribution in [0.25, 0.3) is 0 Å². The Labute approximate surface area is 143 Å². The highest BCUT2D eigenvalue weighted by atomic mass is 35.6. The Hall–Kier alpha value is -1.01. The molecule has 1 rings (SSSR count). The van der Waals surface area contributed by atoms with Crippen LogP contribution >= 0.6 is 34.8 Å². The molecule has 0 bridgehead atoms. The standard InChI is InChI=1S/C14H15Cl3O5/c1-2-21-11(13(20)22-8-14(15,16)17)7-9-3-5-10(6-4-9)12(18)19/h3-6,11H,2,7-8H2,1H3,(H,18,19). The molecular weight excluding hydrogens is 355 g/mol. The zero-order valence-corrected chi connectivity index (χ0v) is 14.0. The lowest BCUT2D eigenvalue weighted by molar-refractivity contribution is -0.156. The van der Waals surface area contributed by atoms with Gasteiger partial charge in [-0.05, 0) is 24.6 Å². The molecule has 0 aliphatic rings. The Bertz CT molecular complexity index is 510. The normalized spacial score (nSPS) is 12.7. The van der Waals surface area contributed by atoms with Crippen LogP contribution in [-0.4, -0.2) is 40.2 Å². The van der Waals surface area contributed by atoms with Gasteiger partial charge < -0.3 is 14.6 Å². The molecule has 5 nitrogen and oxygen atoms in total. The predicted octanol–water partition coefficient (Wildman–Crippen LogP) is 3.25. The Kier molecular flexibility index (Phi) is 7.42. The summed E-state index contributed by atoms with van der Waals surface area (Å²) in [4.78, 5) is 22.7. The van der Waals surface area contributed by atoms with Crippen LogP contribution in [0.1, 0.15) is 22.8 Å². The number of alkyl halides is 3. The fourth-order valence-electron chi connectivity index (χ4n) is 1.65. The zero-order valence-electron chi connectivity index (χ0n) is 11.7. The number of rotatable bonds is 7. The first-order chi connectivity index (χ1) is 10.2. The Morgan fingerprint density at radius 2 is 1.82 bits per heavy atom. The van der Waals surface area contributed by atoms with E-state index in [1.165, 1.54) is 12.1 Å². The number of benzene rings is 1. The maximum absolute atomic E-state index is 11.9. The molecule has 1 unspecified atom stereocenters. The number of esters is 1. The van der Waals surface area contributed by atoms with Gasteiger partial charge in [0.2, 0.25) is 3.79 Å². The first-order valence-corrected chi connectivity index (χ1v) is 7.53. The molecule has 1 atom stereocenters. The topological polar surface area (TPSA) is 72.8 Å². The molecule has 0 aliphatic carbocycles. The van der Waals surface area contributed by atoms with Crippen molar-refractivity contribution in [2.75, 3.05) is 13.2 Å². The fourth-order valence-corrected chi connectivity index (χ4v) is 1.82. The van der Waals surface area contributed by atoms with Gasteiger partial charge in [-0.3, -0.25) is 0 Å². The minimum Gasteiger partial charge on any atom is -0.478 e. The minimum absolute atomic E-state index is 0.162. The summed E-state index contributed by atoms with van der Waals surface area (Å²) >= 11 is 16.6. The summed E-state index contributed by atoms with van der Waals surface area (Å²) in [6, 6.07) is 6.12. The van der Waals surface area contributed by atoms with Crippen molar-refractivity contribution in [3.63, 3.8) is 0 Å². The third kappa shape index (κ3) is 6.83. The highest BCUT2D eigenvalue weighted by Gasteiger charge is 2.26. The lowest BCUT2D eigenvalue weighted by Gasteiger charge is -2.18. The lowest BCUT2D eigenvalue weighted by atomic mass is 10.1. The van der Waals surface area contributed by atoms with Gasteiger partial charge in [-0.1, -0.05) is 46.9 Å². The highest BCUT2D eigenvalue weighted by Crippen LogP contribution is 2.26. The summed E-state index contributed by atoms with van der Waals surface area (Å²) in [6.07, 6.45) is -0.625. The quantitative estimate of drug-likeness (QED) is 0.590. The number of aromatic carboxylic acids is 1. The van der Waals surface area contributed by atoms with E-state index >= 15 is 0 Å². The van der Waals surface area contributed by atoms with E-state index in [1.807, 2.05) is 0 Å². The molecule has 0 saturated heterocycles. The van der Waals surface area contributed by atoms with Crippen LogP contribution in [0.3, 0.4) is 0 Å².